The van der Waals surface area contributed by atoms with Crippen molar-refractivity contribution in [2.45, 2.75) is 13.8 Å². The standard InChI is InChI=1S/C24H28N6O3/c1-3-32-21-7-5-19(17-22(21)33-4-2)26-24(31)30-15-13-29(14-16-30)23-8-6-20(27-28-23)18-9-11-25-12-10-18/h5-12,17H,3-4,13-16H2,1-2H3,(H,26,31). The highest BCUT2D eigenvalue weighted by atomic mass is 16.5. The number of hydrogen-bond donors (Lipinski definition) is 1. The van der Waals surface area contributed by atoms with E-state index >= 15 is 0 Å². The summed E-state index contributed by atoms with van der Waals surface area (Å²) >= 11 is 0. The number of piperazine rings is 1. The highest BCUT2D eigenvalue weighted by Gasteiger charge is 2.22. The monoisotopic (exact) mass is 448 g/mol. The van der Waals surface area contributed by atoms with E-state index in [1.54, 1.807) is 23.4 Å². The maximum absolute atomic E-state index is 12.8. The third-order valence-electron chi connectivity index (χ3n) is 5.31. The molecule has 1 N–H and O–H groups in total. The zero-order valence-electron chi connectivity index (χ0n) is 18.9. The van der Waals surface area contributed by atoms with Crippen molar-refractivity contribution in [2.24, 2.45) is 0 Å². The third-order valence-corrected chi connectivity index (χ3v) is 5.31. The zero-order chi connectivity index (χ0) is 23.0. The first kappa shape index (κ1) is 22.3. The van der Waals surface area contributed by atoms with E-state index in [9.17, 15) is 4.79 Å². The summed E-state index contributed by atoms with van der Waals surface area (Å²) in [5, 5.41) is 11.7. The Kier molecular flexibility index (Phi) is 7.19. The molecule has 4 rings (SSSR count). The molecule has 0 bridgehead atoms. The summed E-state index contributed by atoms with van der Waals surface area (Å²) in [6, 6.07) is 13.0. The van der Waals surface area contributed by atoms with Crippen molar-refractivity contribution in [3.63, 3.8) is 0 Å². The van der Waals surface area contributed by atoms with E-state index in [2.05, 4.69) is 25.4 Å². The molecule has 0 unspecified atom stereocenters. The number of anilines is 2. The summed E-state index contributed by atoms with van der Waals surface area (Å²) in [7, 11) is 0. The van der Waals surface area contributed by atoms with Gasteiger partial charge in [0.25, 0.3) is 0 Å². The van der Waals surface area contributed by atoms with Crippen molar-refractivity contribution in [2.75, 3.05) is 49.6 Å². The molecule has 9 nitrogen and oxygen atoms in total. The number of nitrogens with one attached hydrogen (secondary N) is 1. The first-order chi connectivity index (χ1) is 16.2. The maximum atomic E-state index is 12.8. The van der Waals surface area contributed by atoms with Gasteiger partial charge in [0.1, 0.15) is 0 Å². The Morgan fingerprint density at radius 1 is 0.909 bits per heavy atom. The molecule has 2 amide bonds. The molecule has 1 saturated heterocycles. The second-order valence-electron chi connectivity index (χ2n) is 7.44. The number of benzene rings is 1. The fourth-order valence-electron chi connectivity index (χ4n) is 3.64. The van der Waals surface area contributed by atoms with Gasteiger partial charge in [-0.15, -0.1) is 10.2 Å². The molecule has 0 radical (unpaired) electrons. The lowest BCUT2D eigenvalue weighted by molar-refractivity contribution is 0.208. The molecular formula is C24H28N6O3. The van der Waals surface area contributed by atoms with Gasteiger partial charge in [0.05, 0.1) is 18.9 Å². The quantitative estimate of drug-likeness (QED) is 0.589. The van der Waals surface area contributed by atoms with Crippen LogP contribution in [0, 0.1) is 0 Å². The fourth-order valence-corrected chi connectivity index (χ4v) is 3.64. The fraction of sp³-hybridized carbons (Fsp3) is 0.333. The van der Waals surface area contributed by atoms with Crippen LogP contribution in [0.2, 0.25) is 0 Å². The van der Waals surface area contributed by atoms with Gasteiger partial charge in [0.15, 0.2) is 17.3 Å². The van der Waals surface area contributed by atoms with E-state index in [1.807, 2.05) is 50.2 Å². The van der Waals surface area contributed by atoms with Crippen molar-refractivity contribution >= 4 is 17.5 Å². The predicted molar refractivity (Wildman–Crippen MR) is 127 cm³/mol. The van der Waals surface area contributed by atoms with Crippen molar-refractivity contribution in [3.05, 3.63) is 54.9 Å². The molecule has 1 aliphatic rings. The van der Waals surface area contributed by atoms with Crippen LogP contribution in [0.5, 0.6) is 11.5 Å². The topological polar surface area (TPSA) is 92.7 Å². The predicted octanol–water partition coefficient (Wildman–Crippen LogP) is 3.69. The van der Waals surface area contributed by atoms with Gasteiger partial charge in [0, 0.05) is 55.9 Å². The Balaban J connectivity index is 1.33. The molecule has 0 atom stereocenters. The molecule has 0 aliphatic carbocycles. The average molecular weight is 449 g/mol. The molecule has 172 valence electrons. The van der Waals surface area contributed by atoms with E-state index in [1.165, 1.54) is 0 Å². The Labute approximate surface area is 193 Å². The molecule has 0 saturated carbocycles. The van der Waals surface area contributed by atoms with E-state index < -0.39 is 0 Å². The number of nitrogens with zero attached hydrogens (tertiary/aromatic N) is 5. The van der Waals surface area contributed by atoms with Gasteiger partial charge in [-0.3, -0.25) is 4.98 Å². The van der Waals surface area contributed by atoms with Crippen molar-refractivity contribution in [3.8, 4) is 22.8 Å². The van der Waals surface area contributed by atoms with Gasteiger partial charge >= 0.3 is 6.03 Å². The smallest absolute Gasteiger partial charge is 0.321 e. The molecule has 9 heteroatoms. The van der Waals surface area contributed by atoms with Crippen LogP contribution in [0.4, 0.5) is 16.3 Å². The molecule has 33 heavy (non-hydrogen) atoms. The Morgan fingerprint density at radius 3 is 2.30 bits per heavy atom. The maximum Gasteiger partial charge on any atom is 0.321 e. The second kappa shape index (κ2) is 10.6. The van der Waals surface area contributed by atoms with Gasteiger partial charge in [-0.1, -0.05) is 0 Å². The van der Waals surface area contributed by atoms with Crippen LogP contribution in [0.15, 0.2) is 54.9 Å². The number of urea groups is 1. The third kappa shape index (κ3) is 5.49. The Hall–Kier alpha value is -3.88. The van der Waals surface area contributed by atoms with E-state index in [0.29, 0.717) is 56.6 Å². The number of pyridine rings is 1. The second-order valence-corrected chi connectivity index (χ2v) is 7.44. The highest BCUT2D eigenvalue weighted by Crippen LogP contribution is 2.31. The van der Waals surface area contributed by atoms with Crippen LogP contribution in [-0.2, 0) is 0 Å². The van der Waals surface area contributed by atoms with Crippen LogP contribution in [0.1, 0.15) is 13.8 Å². The Bertz CT molecular complexity index is 1050. The van der Waals surface area contributed by atoms with E-state index in [0.717, 1.165) is 17.1 Å². The molecule has 3 heterocycles. The van der Waals surface area contributed by atoms with Gasteiger partial charge in [0.2, 0.25) is 0 Å². The molecular weight excluding hydrogens is 420 g/mol. The van der Waals surface area contributed by atoms with E-state index in [4.69, 9.17) is 9.47 Å². The SMILES string of the molecule is CCOc1ccc(NC(=O)N2CCN(c3ccc(-c4ccncc4)nn3)CC2)cc1OCC. The average Bonchev–Trinajstić information content (AvgIpc) is 2.86. The minimum absolute atomic E-state index is 0.139. The van der Waals surface area contributed by atoms with E-state index in [-0.39, 0.29) is 6.03 Å². The molecule has 2 aromatic heterocycles. The molecule has 1 fully saturated rings. The number of ether oxygens (including phenoxy) is 2. The lowest BCUT2D eigenvalue weighted by Crippen LogP contribution is -2.50. The number of carbonyl (C=O) groups is 1. The number of hydrogen-bond acceptors (Lipinski definition) is 7. The summed E-state index contributed by atoms with van der Waals surface area (Å²) in [6.07, 6.45) is 3.47. The summed E-state index contributed by atoms with van der Waals surface area (Å²) in [4.78, 5) is 20.7. The zero-order valence-corrected chi connectivity index (χ0v) is 18.9. The van der Waals surface area contributed by atoms with Crippen LogP contribution >= 0.6 is 0 Å². The van der Waals surface area contributed by atoms with Crippen molar-refractivity contribution in [1.82, 2.24) is 20.1 Å². The summed E-state index contributed by atoms with van der Waals surface area (Å²) in [6.45, 7) is 7.46. The summed E-state index contributed by atoms with van der Waals surface area (Å²) in [5.74, 6) is 2.10. The number of rotatable bonds is 7. The normalized spacial score (nSPS) is 13.5. The van der Waals surface area contributed by atoms with Crippen LogP contribution in [0.25, 0.3) is 11.3 Å². The van der Waals surface area contributed by atoms with Crippen LogP contribution in [-0.4, -0.2) is 65.5 Å². The highest BCUT2D eigenvalue weighted by molar-refractivity contribution is 5.90. The number of aromatic nitrogens is 3. The van der Waals surface area contributed by atoms with Crippen LogP contribution in [0.3, 0.4) is 0 Å². The van der Waals surface area contributed by atoms with Gasteiger partial charge < -0.3 is 24.6 Å². The minimum atomic E-state index is -0.139. The van der Waals surface area contributed by atoms with Gasteiger partial charge in [-0.25, -0.2) is 4.79 Å². The summed E-state index contributed by atoms with van der Waals surface area (Å²) < 4.78 is 11.2. The first-order valence-electron chi connectivity index (χ1n) is 11.1. The largest absolute Gasteiger partial charge is 0.490 e. The number of carbonyl (C=O) groups excluding carboxylic acids is 1. The molecule has 1 aliphatic heterocycles. The minimum Gasteiger partial charge on any atom is -0.490 e. The van der Waals surface area contributed by atoms with Gasteiger partial charge in [-0.2, -0.15) is 0 Å². The first-order valence-corrected chi connectivity index (χ1v) is 11.1. The molecule has 0 spiro atoms. The molecule has 1 aromatic carbocycles. The van der Waals surface area contributed by atoms with Crippen molar-refractivity contribution in [1.29, 1.82) is 0 Å². The lowest BCUT2D eigenvalue weighted by atomic mass is 10.2. The van der Waals surface area contributed by atoms with Gasteiger partial charge in [-0.05, 0) is 50.2 Å². The van der Waals surface area contributed by atoms with Crippen LogP contribution < -0.4 is 19.7 Å². The van der Waals surface area contributed by atoms with Crippen molar-refractivity contribution < 1.29 is 14.3 Å². The number of amides is 2. The lowest BCUT2D eigenvalue weighted by Gasteiger charge is -2.35. The Morgan fingerprint density at radius 2 is 1.64 bits per heavy atom. The summed E-state index contributed by atoms with van der Waals surface area (Å²) in [5.41, 5.74) is 2.46. The molecule has 3 aromatic rings.